The van der Waals surface area contributed by atoms with Gasteiger partial charge in [0.05, 0.1) is 11.4 Å². The molecule has 0 saturated heterocycles. The molecule has 0 amide bonds. The monoisotopic (exact) mass is 300 g/mol. The highest BCUT2D eigenvalue weighted by Crippen LogP contribution is 2.37. The van der Waals surface area contributed by atoms with Gasteiger partial charge in [-0.3, -0.25) is 0 Å². The molecule has 23 heavy (non-hydrogen) atoms. The van der Waals surface area contributed by atoms with E-state index in [2.05, 4.69) is 81.0 Å². The molecular formula is C20H21BN2. The second-order valence-corrected chi connectivity index (χ2v) is 5.85. The van der Waals surface area contributed by atoms with Crippen LogP contribution in [0.1, 0.15) is 24.5 Å². The zero-order valence-electron chi connectivity index (χ0n) is 13.7. The van der Waals surface area contributed by atoms with E-state index in [-0.39, 0.29) is 0 Å². The molecule has 1 aliphatic heterocycles. The minimum Gasteiger partial charge on any atom is -0.357 e. The Kier molecular flexibility index (Phi) is 4.11. The molecule has 1 heterocycles. The van der Waals surface area contributed by atoms with Gasteiger partial charge in [-0.1, -0.05) is 68.0 Å². The molecular weight excluding hydrogens is 279 g/mol. The first-order chi connectivity index (χ1) is 11.1. The number of allylic oxidation sites excluding steroid dienone is 1. The van der Waals surface area contributed by atoms with E-state index in [0.29, 0.717) is 0 Å². The Balaban J connectivity index is 2.25. The minimum absolute atomic E-state index is 0.870. The number of fused-ring (bicyclic) bond motifs is 1. The standard InChI is InChI=1S/C20H21BN2/c1-4-13(2)22-20-14(3)23-18-11-10-16(21)12-17(18)19(20)15-8-6-5-7-9-15/h5-12,22-23H,2-4,21H2,1H3. The maximum Gasteiger partial charge on any atom is 0.139 e. The van der Waals surface area contributed by atoms with E-state index in [1.54, 1.807) is 0 Å². The van der Waals surface area contributed by atoms with E-state index in [4.69, 9.17) is 0 Å². The lowest BCUT2D eigenvalue weighted by Gasteiger charge is -2.28. The molecule has 0 aromatic heterocycles. The second kappa shape index (κ2) is 6.21. The normalized spacial score (nSPS) is 13.3. The second-order valence-electron chi connectivity index (χ2n) is 5.85. The lowest BCUT2D eigenvalue weighted by molar-refractivity contribution is 0.906. The Bertz CT molecular complexity index is 804. The summed E-state index contributed by atoms with van der Waals surface area (Å²) in [5, 5.41) is 6.86. The highest BCUT2D eigenvalue weighted by molar-refractivity contribution is 6.32. The molecule has 0 aliphatic carbocycles. The Hall–Kier alpha value is -2.68. The van der Waals surface area contributed by atoms with Crippen LogP contribution >= 0.6 is 0 Å². The fourth-order valence-electron chi connectivity index (χ4n) is 2.79. The summed E-state index contributed by atoms with van der Waals surface area (Å²) in [5.74, 6) is 0. The van der Waals surface area contributed by atoms with Crippen molar-refractivity contribution >= 4 is 24.6 Å². The van der Waals surface area contributed by atoms with Crippen molar-refractivity contribution in [3.63, 3.8) is 0 Å². The summed E-state index contributed by atoms with van der Waals surface area (Å²) in [5.41, 5.74) is 8.71. The van der Waals surface area contributed by atoms with Crippen LogP contribution in [0.3, 0.4) is 0 Å². The molecule has 3 rings (SSSR count). The Morgan fingerprint density at radius 2 is 1.91 bits per heavy atom. The molecule has 3 heteroatoms. The summed E-state index contributed by atoms with van der Waals surface area (Å²) in [6, 6.07) is 16.9. The lowest BCUT2D eigenvalue weighted by atomic mass is 9.86. The predicted molar refractivity (Wildman–Crippen MR) is 102 cm³/mol. The van der Waals surface area contributed by atoms with E-state index in [0.717, 1.165) is 29.2 Å². The predicted octanol–water partition coefficient (Wildman–Crippen LogP) is 3.16. The van der Waals surface area contributed by atoms with Gasteiger partial charge in [0.1, 0.15) is 7.85 Å². The van der Waals surface area contributed by atoms with Crippen molar-refractivity contribution in [3.8, 4) is 0 Å². The third-order valence-electron chi connectivity index (χ3n) is 4.07. The minimum atomic E-state index is 0.870. The van der Waals surface area contributed by atoms with Crippen molar-refractivity contribution < 1.29 is 0 Å². The first-order valence-corrected chi connectivity index (χ1v) is 7.92. The SMILES string of the molecule is Bc1ccc2c(c1)C(c1ccccc1)=C(NC(=C)CC)C(=C)N2. The zero-order valence-corrected chi connectivity index (χ0v) is 13.7. The van der Waals surface area contributed by atoms with Crippen LogP contribution in [0.15, 0.2) is 78.8 Å². The zero-order chi connectivity index (χ0) is 16.4. The average molecular weight is 300 g/mol. The number of hydrogen-bond donors (Lipinski definition) is 2. The first kappa shape index (κ1) is 15.2. The number of anilines is 1. The fourth-order valence-corrected chi connectivity index (χ4v) is 2.79. The number of nitrogens with one attached hydrogen (secondary N) is 2. The van der Waals surface area contributed by atoms with Crippen LogP contribution in [0.25, 0.3) is 5.57 Å². The maximum absolute atomic E-state index is 4.21. The Morgan fingerprint density at radius 3 is 2.61 bits per heavy atom. The first-order valence-electron chi connectivity index (χ1n) is 7.92. The third kappa shape index (κ3) is 2.95. The van der Waals surface area contributed by atoms with Gasteiger partial charge in [0.15, 0.2) is 0 Å². The third-order valence-corrected chi connectivity index (χ3v) is 4.07. The smallest absolute Gasteiger partial charge is 0.139 e. The van der Waals surface area contributed by atoms with Gasteiger partial charge in [-0.2, -0.15) is 0 Å². The molecule has 0 saturated carbocycles. The van der Waals surface area contributed by atoms with E-state index >= 15 is 0 Å². The molecule has 0 spiro atoms. The quantitative estimate of drug-likeness (QED) is 0.848. The van der Waals surface area contributed by atoms with E-state index < -0.39 is 0 Å². The molecule has 2 N–H and O–H groups in total. The van der Waals surface area contributed by atoms with Crippen LogP contribution < -0.4 is 16.1 Å². The van der Waals surface area contributed by atoms with Crippen LogP contribution in [0, 0.1) is 0 Å². The average Bonchev–Trinajstić information content (AvgIpc) is 2.56. The molecule has 0 fully saturated rings. The van der Waals surface area contributed by atoms with Gasteiger partial charge < -0.3 is 10.6 Å². The molecule has 0 atom stereocenters. The van der Waals surface area contributed by atoms with Gasteiger partial charge in [0.25, 0.3) is 0 Å². The van der Waals surface area contributed by atoms with Gasteiger partial charge in [0, 0.05) is 22.5 Å². The highest BCUT2D eigenvalue weighted by atomic mass is 15.0. The fraction of sp³-hybridized carbons (Fsp3) is 0.100. The van der Waals surface area contributed by atoms with Crippen molar-refractivity contribution in [2.24, 2.45) is 0 Å². The summed E-state index contributed by atoms with van der Waals surface area (Å²) >= 11 is 0. The molecule has 2 aromatic carbocycles. The summed E-state index contributed by atoms with van der Waals surface area (Å²) in [4.78, 5) is 0. The van der Waals surface area contributed by atoms with Crippen LogP contribution in [-0.4, -0.2) is 7.85 Å². The van der Waals surface area contributed by atoms with Crippen LogP contribution in [0.2, 0.25) is 0 Å². The van der Waals surface area contributed by atoms with Crippen molar-refractivity contribution in [2.45, 2.75) is 13.3 Å². The van der Waals surface area contributed by atoms with E-state index in [1.807, 2.05) is 6.07 Å². The summed E-state index contributed by atoms with van der Waals surface area (Å²) in [6.07, 6.45) is 0.875. The van der Waals surface area contributed by atoms with Crippen LogP contribution in [0.5, 0.6) is 0 Å². The molecule has 0 bridgehead atoms. The van der Waals surface area contributed by atoms with Crippen molar-refractivity contribution in [3.05, 3.63) is 89.9 Å². The Morgan fingerprint density at radius 1 is 1.17 bits per heavy atom. The van der Waals surface area contributed by atoms with Gasteiger partial charge in [-0.05, 0) is 18.1 Å². The van der Waals surface area contributed by atoms with Crippen LogP contribution in [0.4, 0.5) is 5.69 Å². The molecule has 2 nitrogen and oxygen atoms in total. The number of hydrogen-bond acceptors (Lipinski definition) is 2. The van der Waals surface area contributed by atoms with Gasteiger partial charge in [-0.25, -0.2) is 0 Å². The summed E-state index contributed by atoms with van der Waals surface area (Å²) < 4.78 is 0. The summed E-state index contributed by atoms with van der Waals surface area (Å²) in [6.45, 7) is 10.4. The molecule has 0 radical (unpaired) electrons. The lowest BCUT2D eigenvalue weighted by Crippen LogP contribution is -2.23. The van der Waals surface area contributed by atoms with Crippen molar-refractivity contribution in [1.82, 2.24) is 5.32 Å². The Labute approximate surface area is 139 Å². The van der Waals surface area contributed by atoms with Crippen LogP contribution in [-0.2, 0) is 0 Å². The topological polar surface area (TPSA) is 24.1 Å². The maximum atomic E-state index is 4.21. The van der Waals surface area contributed by atoms with E-state index in [1.165, 1.54) is 22.2 Å². The molecule has 2 aromatic rings. The van der Waals surface area contributed by atoms with Gasteiger partial charge >= 0.3 is 0 Å². The molecule has 114 valence electrons. The van der Waals surface area contributed by atoms with Crippen molar-refractivity contribution in [1.29, 1.82) is 0 Å². The molecule has 1 aliphatic rings. The summed E-state index contributed by atoms with van der Waals surface area (Å²) in [7, 11) is 2.12. The number of benzene rings is 2. The highest BCUT2D eigenvalue weighted by Gasteiger charge is 2.23. The van der Waals surface area contributed by atoms with Crippen molar-refractivity contribution in [2.75, 3.05) is 5.32 Å². The number of rotatable bonds is 4. The van der Waals surface area contributed by atoms with Gasteiger partial charge in [-0.15, -0.1) is 0 Å². The molecule has 0 unspecified atom stereocenters. The largest absolute Gasteiger partial charge is 0.357 e. The van der Waals surface area contributed by atoms with Gasteiger partial charge in [0.2, 0.25) is 0 Å². The van der Waals surface area contributed by atoms with E-state index in [9.17, 15) is 0 Å².